The minimum Gasteiger partial charge on any atom is -0.314 e. The van der Waals surface area contributed by atoms with Gasteiger partial charge in [-0.1, -0.05) is 23.4 Å². The van der Waals surface area contributed by atoms with Gasteiger partial charge in [-0.05, 0) is 18.2 Å². The molecule has 1 heterocycles. The summed E-state index contributed by atoms with van der Waals surface area (Å²) in [7, 11) is 0. The van der Waals surface area contributed by atoms with Crippen LogP contribution in [0.2, 0.25) is 5.02 Å². The fourth-order valence-corrected chi connectivity index (χ4v) is 1.60. The lowest BCUT2D eigenvalue weighted by Crippen LogP contribution is -2.40. The van der Waals surface area contributed by atoms with Gasteiger partial charge in [-0.3, -0.25) is 0 Å². The Hall–Kier alpha value is -1.18. The highest BCUT2D eigenvalue weighted by Crippen LogP contribution is 2.33. The van der Waals surface area contributed by atoms with Crippen molar-refractivity contribution in [3.8, 4) is 11.8 Å². The summed E-state index contributed by atoms with van der Waals surface area (Å²) in [5, 5.41) is 3.07. The zero-order valence-corrected chi connectivity index (χ0v) is 9.49. The molecular weight excluding hydrogens is 251 g/mol. The summed E-state index contributed by atoms with van der Waals surface area (Å²) < 4.78 is 38.1. The molecule has 1 aliphatic rings. The highest BCUT2D eigenvalue weighted by atomic mass is 35.5. The lowest BCUT2D eigenvalue weighted by atomic mass is 10.0. The highest BCUT2D eigenvalue weighted by Gasteiger charge is 2.33. The second kappa shape index (κ2) is 4.59. The van der Waals surface area contributed by atoms with Gasteiger partial charge in [-0.25, -0.2) is 0 Å². The maximum atomic E-state index is 12.7. The Balaban J connectivity index is 2.34. The second-order valence-corrected chi connectivity index (χ2v) is 4.25. The number of nitrogens with one attached hydrogen (secondary N) is 1. The summed E-state index contributed by atoms with van der Waals surface area (Å²) in [6, 6.07) is 3.63. The number of alkyl halides is 3. The molecule has 1 aromatic rings. The summed E-state index contributed by atoms with van der Waals surface area (Å²) in [6.07, 6.45) is -4.42. The van der Waals surface area contributed by atoms with Gasteiger partial charge in [0.2, 0.25) is 0 Å². The monoisotopic (exact) mass is 259 g/mol. The van der Waals surface area contributed by atoms with Crippen LogP contribution in [0, 0.1) is 17.8 Å². The van der Waals surface area contributed by atoms with Crippen LogP contribution in [-0.2, 0) is 6.18 Å². The van der Waals surface area contributed by atoms with Gasteiger partial charge in [0.05, 0.1) is 5.56 Å². The molecule has 2 rings (SSSR count). The predicted octanol–water partition coefficient (Wildman–Crippen LogP) is 2.93. The van der Waals surface area contributed by atoms with E-state index < -0.39 is 11.7 Å². The maximum absolute atomic E-state index is 12.7. The zero-order chi connectivity index (χ0) is 12.5. The number of hydrogen-bond donors (Lipinski definition) is 1. The standard InChI is InChI=1S/C12H9ClF3N/c13-10-4-3-9(2-1-8-6-17-7-8)11(5-10)12(14,15)16/h3-5,8,17H,6-7H2. The van der Waals surface area contributed by atoms with Crippen LogP contribution in [0.4, 0.5) is 13.2 Å². The average molecular weight is 260 g/mol. The topological polar surface area (TPSA) is 12.0 Å². The molecule has 0 saturated carbocycles. The molecule has 17 heavy (non-hydrogen) atoms. The Labute approximate surface area is 102 Å². The summed E-state index contributed by atoms with van der Waals surface area (Å²) in [6.45, 7) is 1.48. The minimum atomic E-state index is -4.42. The van der Waals surface area contributed by atoms with E-state index in [0.717, 1.165) is 19.2 Å². The number of benzene rings is 1. The van der Waals surface area contributed by atoms with Crippen LogP contribution in [0.5, 0.6) is 0 Å². The molecule has 0 spiro atoms. The van der Waals surface area contributed by atoms with E-state index in [1.165, 1.54) is 12.1 Å². The predicted molar refractivity (Wildman–Crippen MR) is 59.7 cm³/mol. The first-order chi connectivity index (χ1) is 7.97. The molecule has 1 N–H and O–H groups in total. The largest absolute Gasteiger partial charge is 0.417 e. The fourth-order valence-electron chi connectivity index (χ4n) is 1.43. The third kappa shape index (κ3) is 2.93. The molecule has 0 atom stereocenters. The van der Waals surface area contributed by atoms with Crippen LogP contribution in [0.1, 0.15) is 11.1 Å². The SMILES string of the molecule is FC(F)(F)c1cc(Cl)ccc1C#CC1CNC1. The Morgan fingerprint density at radius 1 is 1.29 bits per heavy atom. The molecule has 0 radical (unpaired) electrons. The summed E-state index contributed by atoms with van der Waals surface area (Å²) in [4.78, 5) is 0. The van der Waals surface area contributed by atoms with Crippen LogP contribution in [0.15, 0.2) is 18.2 Å². The average Bonchev–Trinajstić information content (AvgIpc) is 2.16. The Bertz CT molecular complexity index is 481. The van der Waals surface area contributed by atoms with Crippen LogP contribution < -0.4 is 5.32 Å². The molecule has 5 heteroatoms. The van der Waals surface area contributed by atoms with E-state index in [0.29, 0.717) is 0 Å². The molecular formula is C12H9ClF3N. The van der Waals surface area contributed by atoms with Crippen LogP contribution in [0.3, 0.4) is 0 Å². The van der Waals surface area contributed by atoms with E-state index in [4.69, 9.17) is 11.6 Å². The molecule has 0 aliphatic carbocycles. The fraction of sp³-hybridized carbons (Fsp3) is 0.333. The maximum Gasteiger partial charge on any atom is 0.417 e. The molecule has 1 aromatic carbocycles. The lowest BCUT2D eigenvalue weighted by Gasteiger charge is -2.21. The van der Waals surface area contributed by atoms with Gasteiger partial charge in [-0.15, -0.1) is 0 Å². The normalized spacial score (nSPS) is 16.0. The van der Waals surface area contributed by atoms with Crippen molar-refractivity contribution in [3.05, 3.63) is 34.3 Å². The smallest absolute Gasteiger partial charge is 0.314 e. The van der Waals surface area contributed by atoms with Crippen molar-refractivity contribution in [1.29, 1.82) is 0 Å². The molecule has 0 amide bonds. The molecule has 0 unspecified atom stereocenters. The quantitative estimate of drug-likeness (QED) is 0.707. The van der Waals surface area contributed by atoms with Crippen molar-refractivity contribution in [2.45, 2.75) is 6.18 Å². The third-order valence-corrected chi connectivity index (χ3v) is 2.71. The zero-order valence-electron chi connectivity index (χ0n) is 8.74. The lowest BCUT2D eigenvalue weighted by molar-refractivity contribution is -0.137. The Morgan fingerprint density at radius 2 is 2.00 bits per heavy atom. The van der Waals surface area contributed by atoms with Crippen molar-refractivity contribution >= 4 is 11.6 Å². The van der Waals surface area contributed by atoms with E-state index in [1.807, 2.05) is 0 Å². The van der Waals surface area contributed by atoms with Crippen LogP contribution in [0.25, 0.3) is 0 Å². The Morgan fingerprint density at radius 3 is 2.53 bits per heavy atom. The van der Waals surface area contributed by atoms with Gasteiger partial charge in [0.25, 0.3) is 0 Å². The minimum absolute atomic E-state index is 0.0196. The molecule has 0 bridgehead atoms. The number of halogens is 4. The van der Waals surface area contributed by atoms with Crippen molar-refractivity contribution < 1.29 is 13.2 Å². The van der Waals surface area contributed by atoms with Gasteiger partial charge in [0, 0.05) is 29.6 Å². The number of hydrogen-bond acceptors (Lipinski definition) is 1. The van der Waals surface area contributed by atoms with Crippen LogP contribution >= 0.6 is 11.6 Å². The van der Waals surface area contributed by atoms with Crippen molar-refractivity contribution in [2.24, 2.45) is 5.92 Å². The van der Waals surface area contributed by atoms with Gasteiger partial charge in [0.1, 0.15) is 0 Å². The molecule has 1 fully saturated rings. The van der Waals surface area contributed by atoms with Crippen molar-refractivity contribution in [2.75, 3.05) is 13.1 Å². The van der Waals surface area contributed by atoms with E-state index in [9.17, 15) is 13.2 Å². The van der Waals surface area contributed by atoms with E-state index in [-0.39, 0.29) is 16.5 Å². The second-order valence-electron chi connectivity index (χ2n) is 3.81. The summed E-state index contributed by atoms with van der Waals surface area (Å²) in [5.41, 5.74) is -0.793. The first-order valence-electron chi connectivity index (χ1n) is 5.06. The van der Waals surface area contributed by atoms with Gasteiger partial charge < -0.3 is 5.32 Å². The van der Waals surface area contributed by atoms with Crippen molar-refractivity contribution in [3.63, 3.8) is 0 Å². The first kappa shape index (κ1) is 12.3. The highest BCUT2D eigenvalue weighted by molar-refractivity contribution is 6.30. The summed E-state index contributed by atoms with van der Waals surface area (Å²) in [5.74, 6) is 5.54. The van der Waals surface area contributed by atoms with Crippen LogP contribution in [-0.4, -0.2) is 13.1 Å². The van der Waals surface area contributed by atoms with Gasteiger partial charge >= 0.3 is 6.18 Å². The van der Waals surface area contributed by atoms with Crippen molar-refractivity contribution in [1.82, 2.24) is 5.32 Å². The summed E-state index contributed by atoms with van der Waals surface area (Å²) >= 11 is 5.57. The third-order valence-electron chi connectivity index (χ3n) is 2.48. The molecule has 1 aliphatic heterocycles. The van der Waals surface area contributed by atoms with Gasteiger partial charge in [0.15, 0.2) is 0 Å². The molecule has 0 aromatic heterocycles. The first-order valence-corrected chi connectivity index (χ1v) is 5.43. The van der Waals surface area contributed by atoms with Gasteiger partial charge in [-0.2, -0.15) is 13.2 Å². The number of rotatable bonds is 0. The van der Waals surface area contributed by atoms with E-state index in [2.05, 4.69) is 17.2 Å². The van der Waals surface area contributed by atoms with E-state index in [1.54, 1.807) is 0 Å². The molecule has 90 valence electrons. The van der Waals surface area contributed by atoms with E-state index >= 15 is 0 Å². The molecule has 1 nitrogen and oxygen atoms in total. The Kier molecular flexibility index (Phi) is 3.32. The molecule has 1 saturated heterocycles.